The molecule has 1 atom stereocenters. The second-order valence-electron chi connectivity index (χ2n) is 7.81. The summed E-state index contributed by atoms with van der Waals surface area (Å²) in [4.78, 5) is 35.9. The lowest BCUT2D eigenvalue weighted by Gasteiger charge is -2.20. The molecule has 0 bridgehead atoms. The largest absolute Gasteiger partial charge is 0.479 e. The number of benzene rings is 2. The van der Waals surface area contributed by atoms with Crippen molar-refractivity contribution in [3.8, 4) is 11.1 Å². The van der Waals surface area contributed by atoms with Crippen molar-refractivity contribution in [1.82, 2.24) is 10.6 Å². The highest BCUT2D eigenvalue weighted by Crippen LogP contribution is 2.44. The van der Waals surface area contributed by atoms with Crippen LogP contribution in [-0.2, 0) is 19.1 Å². The standard InChI is InChI=1S/C23H24N2O6/c1-30-19(20(26)27)12-24-21(28)23(10-11-23)25-22(29)31-13-18-16-8-4-2-6-14(16)15-7-3-5-9-17(15)18/h2-9,18-19H,10-13H2,1H3,(H,24,28)(H,25,29)(H,26,27). The Morgan fingerprint density at radius 2 is 1.65 bits per heavy atom. The summed E-state index contributed by atoms with van der Waals surface area (Å²) in [6.07, 6.45) is -0.883. The number of alkyl carbamates (subject to hydrolysis) is 1. The molecule has 8 nitrogen and oxygen atoms in total. The summed E-state index contributed by atoms with van der Waals surface area (Å²) in [5.74, 6) is -1.68. The Morgan fingerprint density at radius 1 is 1.06 bits per heavy atom. The number of aliphatic carboxylic acids is 1. The van der Waals surface area contributed by atoms with Gasteiger partial charge in [-0.05, 0) is 35.1 Å². The molecule has 2 amide bonds. The van der Waals surface area contributed by atoms with Gasteiger partial charge in [-0.25, -0.2) is 9.59 Å². The predicted molar refractivity (Wildman–Crippen MR) is 112 cm³/mol. The minimum absolute atomic E-state index is 0.0693. The van der Waals surface area contributed by atoms with E-state index in [1.165, 1.54) is 7.11 Å². The fraction of sp³-hybridized carbons (Fsp3) is 0.348. The molecule has 2 aliphatic carbocycles. The van der Waals surface area contributed by atoms with E-state index in [0.29, 0.717) is 12.8 Å². The van der Waals surface area contributed by atoms with Crippen LogP contribution in [-0.4, -0.2) is 55.0 Å². The number of carboxylic acid groups (broad SMARTS) is 1. The van der Waals surface area contributed by atoms with E-state index < -0.39 is 29.6 Å². The van der Waals surface area contributed by atoms with Crippen molar-refractivity contribution >= 4 is 18.0 Å². The molecule has 8 heteroatoms. The maximum absolute atomic E-state index is 12.5. The molecule has 3 N–H and O–H groups in total. The molecule has 2 aliphatic rings. The van der Waals surface area contributed by atoms with E-state index >= 15 is 0 Å². The molecule has 2 aromatic rings. The van der Waals surface area contributed by atoms with Crippen LogP contribution in [0.3, 0.4) is 0 Å². The number of ether oxygens (including phenoxy) is 2. The second-order valence-corrected chi connectivity index (χ2v) is 7.81. The van der Waals surface area contributed by atoms with Gasteiger partial charge in [0.1, 0.15) is 12.1 Å². The molecule has 1 fully saturated rings. The molecule has 0 aliphatic heterocycles. The normalized spacial score (nSPS) is 16.5. The average Bonchev–Trinajstić information content (AvgIpc) is 3.48. The number of hydrogen-bond donors (Lipinski definition) is 3. The number of carbonyl (C=O) groups excluding carboxylic acids is 2. The molecule has 1 unspecified atom stereocenters. The second kappa shape index (κ2) is 8.39. The van der Waals surface area contributed by atoms with Crippen molar-refractivity contribution < 1.29 is 29.0 Å². The number of nitrogens with one attached hydrogen (secondary N) is 2. The van der Waals surface area contributed by atoms with Gasteiger partial charge >= 0.3 is 12.1 Å². The Labute approximate surface area is 179 Å². The lowest BCUT2D eigenvalue weighted by atomic mass is 9.98. The molecule has 0 saturated heterocycles. The van der Waals surface area contributed by atoms with E-state index in [4.69, 9.17) is 14.6 Å². The highest BCUT2D eigenvalue weighted by Gasteiger charge is 2.51. The number of hydrogen-bond acceptors (Lipinski definition) is 5. The van der Waals surface area contributed by atoms with E-state index in [2.05, 4.69) is 22.8 Å². The minimum atomic E-state index is -1.17. The third kappa shape index (κ3) is 4.11. The lowest BCUT2D eigenvalue weighted by Crippen LogP contribution is -2.51. The van der Waals surface area contributed by atoms with Crippen molar-refractivity contribution in [2.45, 2.75) is 30.4 Å². The molecular weight excluding hydrogens is 400 g/mol. The highest BCUT2D eigenvalue weighted by molar-refractivity contribution is 5.93. The fourth-order valence-electron chi connectivity index (χ4n) is 3.99. The van der Waals surface area contributed by atoms with Gasteiger partial charge in [0.15, 0.2) is 6.10 Å². The van der Waals surface area contributed by atoms with Crippen molar-refractivity contribution in [1.29, 1.82) is 0 Å². The molecule has 2 aromatic carbocycles. The topological polar surface area (TPSA) is 114 Å². The van der Waals surface area contributed by atoms with Crippen molar-refractivity contribution in [2.75, 3.05) is 20.3 Å². The number of carbonyl (C=O) groups is 3. The maximum Gasteiger partial charge on any atom is 0.408 e. The number of amides is 2. The third-order valence-corrected chi connectivity index (χ3v) is 5.88. The minimum Gasteiger partial charge on any atom is -0.479 e. The Bertz CT molecular complexity index is 971. The lowest BCUT2D eigenvalue weighted by molar-refractivity contribution is -0.148. The van der Waals surface area contributed by atoms with Crippen molar-refractivity contribution in [3.63, 3.8) is 0 Å². The molecule has 1 saturated carbocycles. The van der Waals surface area contributed by atoms with E-state index in [-0.39, 0.29) is 19.1 Å². The Hall–Kier alpha value is -3.39. The van der Waals surface area contributed by atoms with Crippen LogP contribution in [0.25, 0.3) is 11.1 Å². The maximum atomic E-state index is 12.5. The van der Waals surface area contributed by atoms with Gasteiger partial charge in [-0.1, -0.05) is 48.5 Å². The van der Waals surface area contributed by atoms with Crippen LogP contribution in [0.1, 0.15) is 29.9 Å². The molecule has 0 heterocycles. The van der Waals surface area contributed by atoms with Crippen LogP contribution < -0.4 is 10.6 Å². The number of carboxylic acids is 1. The first kappa shape index (κ1) is 20.9. The van der Waals surface area contributed by atoms with Gasteiger partial charge in [0.05, 0.1) is 6.54 Å². The van der Waals surface area contributed by atoms with Crippen LogP contribution in [0.2, 0.25) is 0 Å². The zero-order valence-electron chi connectivity index (χ0n) is 17.1. The van der Waals surface area contributed by atoms with Gasteiger partial charge < -0.3 is 25.2 Å². The first-order valence-electron chi connectivity index (χ1n) is 10.1. The smallest absolute Gasteiger partial charge is 0.408 e. The summed E-state index contributed by atoms with van der Waals surface area (Å²) in [5, 5.41) is 14.2. The predicted octanol–water partition coefficient (Wildman–Crippen LogP) is 2.27. The summed E-state index contributed by atoms with van der Waals surface area (Å²) in [7, 11) is 1.26. The zero-order valence-corrected chi connectivity index (χ0v) is 17.1. The van der Waals surface area contributed by atoms with Crippen LogP contribution >= 0.6 is 0 Å². The summed E-state index contributed by atoms with van der Waals surface area (Å²) in [5.41, 5.74) is 3.43. The Kier molecular flexibility index (Phi) is 5.65. The summed E-state index contributed by atoms with van der Waals surface area (Å²) < 4.78 is 10.3. The van der Waals surface area contributed by atoms with Gasteiger partial charge in [-0.15, -0.1) is 0 Å². The number of fused-ring (bicyclic) bond motifs is 3. The van der Waals surface area contributed by atoms with Gasteiger partial charge in [0.25, 0.3) is 0 Å². The summed E-state index contributed by atoms with van der Waals surface area (Å²) in [6, 6.07) is 16.1. The van der Waals surface area contributed by atoms with Gasteiger partial charge in [0.2, 0.25) is 5.91 Å². The quantitative estimate of drug-likeness (QED) is 0.599. The van der Waals surface area contributed by atoms with Gasteiger partial charge in [-0.2, -0.15) is 0 Å². The molecule has 0 spiro atoms. The zero-order chi connectivity index (χ0) is 22.0. The van der Waals surface area contributed by atoms with Crippen LogP contribution in [0.15, 0.2) is 48.5 Å². The van der Waals surface area contributed by atoms with Crippen molar-refractivity contribution in [3.05, 3.63) is 59.7 Å². The SMILES string of the molecule is COC(CNC(=O)C1(NC(=O)OCC2c3ccccc3-c3ccccc32)CC1)C(=O)O. The summed E-state index contributed by atoms with van der Waals surface area (Å²) in [6.45, 7) is -0.0267. The molecule has 162 valence electrons. The average molecular weight is 424 g/mol. The molecule has 31 heavy (non-hydrogen) atoms. The Morgan fingerprint density at radius 3 is 2.16 bits per heavy atom. The third-order valence-electron chi connectivity index (χ3n) is 5.88. The highest BCUT2D eigenvalue weighted by atomic mass is 16.5. The number of rotatable bonds is 8. The molecule has 0 aromatic heterocycles. The van der Waals surface area contributed by atoms with Gasteiger partial charge in [0, 0.05) is 13.0 Å². The van der Waals surface area contributed by atoms with E-state index in [9.17, 15) is 14.4 Å². The molecule has 4 rings (SSSR count). The molecule has 0 radical (unpaired) electrons. The van der Waals surface area contributed by atoms with Crippen LogP contribution in [0, 0.1) is 0 Å². The van der Waals surface area contributed by atoms with E-state index in [0.717, 1.165) is 22.3 Å². The van der Waals surface area contributed by atoms with E-state index in [1.807, 2.05) is 36.4 Å². The fourth-order valence-corrected chi connectivity index (χ4v) is 3.99. The first-order valence-corrected chi connectivity index (χ1v) is 10.1. The van der Waals surface area contributed by atoms with E-state index in [1.54, 1.807) is 0 Å². The van der Waals surface area contributed by atoms with Crippen molar-refractivity contribution in [2.24, 2.45) is 0 Å². The van der Waals surface area contributed by atoms with Crippen LogP contribution in [0.4, 0.5) is 4.79 Å². The van der Waals surface area contributed by atoms with Gasteiger partial charge in [-0.3, -0.25) is 4.79 Å². The molecular formula is C23H24N2O6. The summed E-state index contributed by atoms with van der Waals surface area (Å²) >= 11 is 0. The first-order chi connectivity index (χ1) is 14.9. The monoisotopic (exact) mass is 424 g/mol. The Balaban J connectivity index is 1.36. The van der Waals surface area contributed by atoms with Crippen LogP contribution in [0.5, 0.6) is 0 Å². The number of methoxy groups -OCH3 is 1.